The first kappa shape index (κ1) is 11.0. The lowest BCUT2D eigenvalue weighted by atomic mass is 10.1. The molecular weight excluding hydrogens is 160 g/mol. The van der Waals surface area contributed by atoms with Crippen molar-refractivity contribution in [3.8, 4) is 0 Å². The van der Waals surface area contributed by atoms with Gasteiger partial charge in [0.05, 0.1) is 0 Å². The summed E-state index contributed by atoms with van der Waals surface area (Å²) in [6, 6.07) is 1.56. The van der Waals surface area contributed by atoms with Gasteiger partial charge in [-0.15, -0.1) is 0 Å². The Bertz CT molecular complexity index is 141. The number of nitrogens with zero attached hydrogens (tertiary/aromatic N) is 1. The van der Waals surface area contributed by atoms with E-state index in [0.717, 1.165) is 24.9 Å². The molecule has 0 bridgehead atoms. The summed E-state index contributed by atoms with van der Waals surface area (Å²) in [6.45, 7) is 8.97. The van der Waals surface area contributed by atoms with Crippen molar-refractivity contribution in [2.45, 2.75) is 52.1 Å². The molecule has 1 unspecified atom stereocenters. The Morgan fingerprint density at radius 2 is 1.92 bits per heavy atom. The average Bonchev–Trinajstić information content (AvgIpc) is 2.82. The number of nitrogens with two attached hydrogens (primary N) is 1. The van der Waals surface area contributed by atoms with Crippen molar-refractivity contribution in [1.82, 2.24) is 4.90 Å². The molecule has 2 heteroatoms. The summed E-state index contributed by atoms with van der Waals surface area (Å²) in [4.78, 5) is 2.65. The highest BCUT2D eigenvalue weighted by atomic mass is 15.2. The van der Waals surface area contributed by atoms with Crippen molar-refractivity contribution in [3.05, 3.63) is 0 Å². The largest absolute Gasteiger partial charge is 0.330 e. The highest BCUT2D eigenvalue weighted by Crippen LogP contribution is 2.29. The first-order valence-electron chi connectivity index (χ1n) is 5.61. The van der Waals surface area contributed by atoms with Crippen LogP contribution < -0.4 is 5.73 Å². The lowest BCUT2D eigenvalue weighted by Crippen LogP contribution is -2.38. The molecule has 78 valence electrons. The molecule has 0 amide bonds. The summed E-state index contributed by atoms with van der Waals surface area (Å²) in [7, 11) is 0. The van der Waals surface area contributed by atoms with Gasteiger partial charge in [0.2, 0.25) is 0 Å². The van der Waals surface area contributed by atoms with E-state index in [2.05, 4.69) is 25.7 Å². The molecule has 1 rings (SSSR count). The maximum atomic E-state index is 5.59. The van der Waals surface area contributed by atoms with Gasteiger partial charge >= 0.3 is 0 Å². The van der Waals surface area contributed by atoms with Gasteiger partial charge in [0, 0.05) is 18.6 Å². The van der Waals surface area contributed by atoms with Crippen molar-refractivity contribution in [1.29, 1.82) is 0 Å². The average molecular weight is 184 g/mol. The van der Waals surface area contributed by atoms with E-state index < -0.39 is 0 Å². The number of hydrogen-bond donors (Lipinski definition) is 1. The molecule has 0 radical (unpaired) electrons. The standard InChI is InChI=1S/C11H24N2/c1-9(2)8-13(11-4-5-11)10(3)6-7-12/h9-11H,4-8,12H2,1-3H3. The van der Waals surface area contributed by atoms with Crippen LogP contribution in [0.3, 0.4) is 0 Å². The van der Waals surface area contributed by atoms with E-state index in [0.29, 0.717) is 6.04 Å². The molecule has 1 aliphatic rings. The molecule has 1 atom stereocenters. The van der Waals surface area contributed by atoms with Gasteiger partial charge in [-0.3, -0.25) is 4.90 Å². The first-order chi connectivity index (χ1) is 6.15. The zero-order valence-electron chi connectivity index (χ0n) is 9.29. The zero-order chi connectivity index (χ0) is 9.84. The van der Waals surface area contributed by atoms with Crippen molar-refractivity contribution in [3.63, 3.8) is 0 Å². The fourth-order valence-electron chi connectivity index (χ4n) is 1.92. The Morgan fingerprint density at radius 1 is 1.31 bits per heavy atom. The fraction of sp³-hybridized carbons (Fsp3) is 1.00. The van der Waals surface area contributed by atoms with Gasteiger partial charge < -0.3 is 5.73 Å². The Labute approximate surface area is 82.5 Å². The molecule has 0 saturated heterocycles. The molecule has 0 heterocycles. The van der Waals surface area contributed by atoms with Crippen LogP contribution in [0.15, 0.2) is 0 Å². The second kappa shape index (κ2) is 4.97. The molecule has 0 aromatic carbocycles. The third kappa shape index (κ3) is 3.65. The topological polar surface area (TPSA) is 29.3 Å². The number of hydrogen-bond acceptors (Lipinski definition) is 2. The minimum absolute atomic E-state index is 0.680. The third-order valence-corrected chi connectivity index (χ3v) is 2.74. The van der Waals surface area contributed by atoms with Crippen LogP contribution in [0.1, 0.15) is 40.0 Å². The Hall–Kier alpha value is -0.0800. The Kier molecular flexibility index (Phi) is 4.20. The first-order valence-corrected chi connectivity index (χ1v) is 5.61. The van der Waals surface area contributed by atoms with E-state index in [4.69, 9.17) is 5.73 Å². The van der Waals surface area contributed by atoms with Crippen molar-refractivity contribution < 1.29 is 0 Å². The molecule has 0 spiro atoms. The predicted molar refractivity (Wildman–Crippen MR) is 57.7 cm³/mol. The zero-order valence-corrected chi connectivity index (χ0v) is 9.29. The van der Waals surface area contributed by atoms with E-state index >= 15 is 0 Å². The van der Waals surface area contributed by atoms with Gasteiger partial charge in [-0.1, -0.05) is 13.8 Å². The van der Waals surface area contributed by atoms with Crippen LogP contribution in [0.2, 0.25) is 0 Å². The van der Waals surface area contributed by atoms with Gasteiger partial charge in [0.25, 0.3) is 0 Å². The molecule has 2 N–H and O–H groups in total. The van der Waals surface area contributed by atoms with Crippen molar-refractivity contribution in [2.24, 2.45) is 11.7 Å². The van der Waals surface area contributed by atoms with Crippen LogP contribution in [0, 0.1) is 5.92 Å². The van der Waals surface area contributed by atoms with Gasteiger partial charge in [-0.25, -0.2) is 0 Å². The van der Waals surface area contributed by atoms with E-state index in [9.17, 15) is 0 Å². The summed E-state index contributed by atoms with van der Waals surface area (Å²) >= 11 is 0. The summed E-state index contributed by atoms with van der Waals surface area (Å²) in [5.74, 6) is 0.779. The molecular formula is C11H24N2. The van der Waals surface area contributed by atoms with E-state index in [1.54, 1.807) is 0 Å². The van der Waals surface area contributed by atoms with Crippen LogP contribution in [0.4, 0.5) is 0 Å². The van der Waals surface area contributed by atoms with E-state index in [1.165, 1.54) is 19.4 Å². The quantitative estimate of drug-likeness (QED) is 0.682. The van der Waals surface area contributed by atoms with E-state index in [1.807, 2.05) is 0 Å². The third-order valence-electron chi connectivity index (χ3n) is 2.74. The molecule has 13 heavy (non-hydrogen) atoms. The Balaban J connectivity index is 2.36. The molecule has 0 aromatic heterocycles. The smallest absolute Gasteiger partial charge is 0.00993 e. The monoisotopic (exact) mass is 184 g/mol. The van der Waals surface area contributed by atoms with E-state index in [-0.39, 0.29) is 0 Å². The summed E-state index contributed by atoms with van der Waals surface area (Å²) in [5, 5.41) is 0. The number of rotatable bonds is 6. The molecule has 2 nitrogen and oxygen atoms in total. The molecule has 1 fully saturated rings. The SMILES string of the molecule is CC(C)CN(C(C)CCN)C1CC1. The lowest BCUT2D eigenvalue weighted by molar-refractivity contribution is 0.170. The summed E-state index contributed by atoms with van der Waals surface area (Å²) < 4.78 is 0. The maximum absolute atomic E-state index is 5.59. The molecule has 0 aliphatic heterocycles. The van der Waals surface area contributed by atoms with Crippen LogP contribution in [-0.2, 0) is 0 Å². The molecule has 1 saturated carbocycles. The van der Waals surface area contributed by atoms with Crippen LogP contribution in [-0.4, -0.2) is 30.1 Å². The Morgan fingerprint density at radius 3 is 2.31 bits per heavy atom. The predicted octanol–water partition coefficient (Wildman–Crippen LogP) is 1.84. The van der Waals surface area contributed by atoms with Crippen molar-refractivity contribution >= 4 is 0 Å². The minimum atomic E-state index is 0.680. The van der Waals surface area contributed by atoms with Gasteiger partial charge in [-0.05, 0) is 38.6 Å². The second-order valence-corrected chi connectivity index (χ2v) is 4.75. The van der Waals surface area contributed by atoms with Gasteiger partial charge in [-0.2, -0.15) is 0 Å². The lowest BCUT2D eigenvalue weighted by Gasteiger charge is -2.30. The second-order valence-electron chi connectivity index (χ2n) is 4.75. The van der Waals surface area contributed by atoms with Crippen LogP contribution in [0.5, 0.6) is 0 Å². The molecule has 0 aromatic rings. The minimum Gasteiger partial charge on any atom is -0.330 e. The summed E-state index contributed by atoms with van der Waals surface area (Å²) in [5.41, 5.74) is 5.59. The van der Waals surface area contributed by atoms with Gasteiger partial charge in [0.15, 0.2) is 0 Å². The normalized spacial score (nSPS) is 19.8. The van der Waals surface area contributed by atoms with Crippen LogP contribution in [0.25, 0.3) is 0 Å². The molecule has 1 aliphatic carbocycles. The van der Waals surface area contributed by atoms with Crippen LogP contribution >= 0.6 is 0 Å². The van der Waals surface area contributed by atoms with Gasteiger partial charge in [0.1, 0.15) is 0 Å². The highest BCUT2D eigenvalue weighted by Gasteiger charge is 2.31. The maximum Gasteiger partial charge on any atom is 0.00993 e. The fourth-order valence-corrected chi connectivity index (χ4v) is 1.92. The highest BCUT2D eigenvalue weighted by molar-refractivity contribution is 4.87. The summed E-state index contributed by atoms with van der Waals surface area (Å²) in [6.07, 6.45) is 3.95. The van der Waals surface area contributed by atoms with Crippen molar-refractivity contribution in [2.75, 3.05) is 13.1 Å².